The third-order valence-electron chi connectivity index (χ3n) is 4.05. The van der Waals surface area contributed by atoms with Crippen molar-refractivity contribution in [2.45, 2.75) is 63.1 Å². The maximum Gasteiger partial charge on any atom is 0.0693 e. The van der Waals surface area contributed by atoms with Crippen molar-refractivity contribution in [3.05, 3.63) is 0 Å². The zero-order valence-corrected chi connectivity index (χ0v) is 9.36. The van der Waals surface area contributed by atoms with Crippen LogP contribution in [-0.4, -0.2) is 35.0 Å². The average molecular weight is 213 g/mol. The minimum absolute atomic E-state index is 0.161. The van der Waals surface area contributed by atoms with Crippen molar-refractivity contribution in [1.82, 2.24) is 5.32 Å². The van der Waals surface area contributed by atoms with Crippen molar-refractivity contribution in [2.24, 2.45) is 5.92 Å². The van der Waals surface area contributed by atoms with Crippen LogP contribution in [0.25, 0.3) is 0 Å². The maximum atomic E-state index is 9.75. The topological polar surface area (TPSA) is 52.5 Å². The Morgan fingerprint density at radius 3 is 2.33 bits per heavy atom. The summed E-state index contributed by atoms with van der Waals surface area (Å²) in [7, 11) is 0. The molecule has 4 atom stereocenters. The Bertz CT molecular complexity index is 198. The van der Waals surface area contributed by atoms with Gasteiger partial charge in [-0.15, -0.1) is 0 Å². The van der Waals surface area contributed by atoms with Crippen molar-refractivity contribution < 1.29 is 10.2 Å². The molecule has 3 heteroatoms. The molecule has 2 aliphatic rings. The molecule has 2 rings (SSSR count). The predicted molar refractivity (Wildman–Crippen MR) is 59.6 cm³/mol. The second-order valence-corrected chi connectivity index (χ2v) is 5.11. The van der Waals surface area contributed by atoms with Gasteiger partial charge in [-0.05, 0) is 38.0 Å². The summed E-state index contributed by atoms with van der Waals surface area (Å²) in [5.74, 6) is 0.409. The zero-order valence-electron chi connectivity index (χ0n) is 9.36. The summed E-state index contributed by atoms with van der Waals surface area (Å²) < 4.78 is 0. The van der Waals surface area contributed by atoms with Crippen LogP contribution in [0.1, 0.15) is 44.9 Å². The Morgan fingerprint density at radius 1 is 0.933 bits per heavy atom. The van der Waals surface area contributed by atoms with Gasteiger partial charge in [0.15, 0.2) is 0 Å². The van der Waals surface area contributed by atoms with Crippen LogP contribution < -0.4 is 5.32 Å². The molecule has 0 aromatic carbocycles. The molecule has 0 spiro atoms. The molecule has 0 bridgehead atoms. The van der Waals surface area contributed by atoms with Crippen molar-refractivity contribution in [3.63, 3.8) is 0 Å². The summed E-state index contributed by atoms with van der Waals surface area (Å²) in [4.78, 5) is 0. The van der Waals surface area contributed by atoms with Gasteiger partial charge in [0.1, 0.15) is 0 Å². The Morgan fingerprint density at radius 2 is 1.67 bits per heavy atom. The van der Waals surface area contributed by atoms with E-state index in [4.69, 9.17) is 0 Å². The van der Waals surface area contributed by atoms with E-state index in [1.807, 2.05) is 0 Å². The van der Waals surface area contributed by atoms with Gasteiger partial charge in [-0.25, -0.2) is 0 Å². The van der Waals surface area contributed by atoms with Gasteiger partial charge in [0.2, 0.25) is 0 Å². The molecule has 3 N–H and O–H groups in total. The van der Waals surface area contributed by atoms with Crippen molar-refractivity contribution in [1.29, 1.82) is 0 Å². The van der Waals surface area contributed by atoms with E-state index in [9.17, 15) is 10.2 Å². The van der Waals surface area contributed by atoms with Crippen LogP contribution in [-0.2, 0) is 0 Å². The van der Waals surface area contributed by atoms with Crippen LogP contribution in [0.2, 0.25) is 0 Å². The summed E-state index contributed by atoms with van der Waals surface area (Å²) in [5, 5.41) is 22.6. The van der Waals surface area contributed by atoms with Crippen LogP contribution in [0.15, 0.2) is 0 Å². The highest BCUT2D eigenvalue weighted by atomic mass is 16.3. The molecular weight excluding hydrogens is 190 g/mol. The molecule has 0 radical (unpaired) electrons. The van der Waals surface area contributed by atoms with Crippen LogP contribution in [0.4, 0.5) is 0 Å². The quantitative estimate of drug-likeness (QED) is 0.656. The number of hydrogen-bond donors (Lipinski definition) is 3. The molecule has 0 aromatic rings. The lowest BCUT2D eigenvalue weighted by atomic mass is 9.84. The molecule has 0 saturated heterocycles. The fourth-order valence-electron chi connectivity index (χ4n) is 3.06. The van der Waals surface area contributed by atoms with E-state index in [1.165, 1.54) is 12.8 Å². The monoisotopic (exact) mass is 213 g/mol. The van der Waals surface area contributed by atoms with Gasteiger partial charge in [0.25, 0.3) is 0 Å². The average Bonchev–Trinajstić information content (AvgIpc) is 2.65. The fourth-order valence-corrected chi connectivity index (χ4v) is 3.06. The molecule has 2 fully saturated rings. The lowest BCUT2D eigenvalue weighted by molar-refractivity contribution is 0.107. The SMILES string of the molecule is OCC1CCCCC1N[C@H]1CCC[C@@H]1O. The first-order valence-electron chi connectivity index (χ1n) is 6.36. The summed E-state index contributed by atoms with van der Waals surface area (Å²) in [6, 6.07) is 0.712. The van der Waals surface area contributed by atoms with E-state index in [0.717, 1.165) is 32.1 Å². The smallest absolute Gasteiger partial charge is 0.0693 e. The number of aliphatic hydroxyl groups is 2. The van der Waals surface area contributed by atoms with Gasteiger partial charge < -0.3 is 15.5 Å². The Balaban J connectivity index is 1.85. The number of nitrogens with one attached hydrogen (secondary N) is 1. The summed E-state index contributed by atoms with van der Waals surface area (Å²) in [6.45, 7) is 0.292. The van der Waals surface area contributed by atoms with Crippen molar-refractivity contribution in [3.8, 4) is 0 Å². The van der Waals surface area contributed by atoms with Gasteiger partial charge in [0, 0.05) is 18.7 Å². The lowest BCUT2D eigenvalue weighted by Gasteiger charge is -2.34. The second-order valence-electron chi connectivity index (χ2n) is 5.11. The summed E-state index contributed by atoms with van der Waals surface area (Å²) in [6.07, 6.45) is 7.81. The largest absolute Gasteiger partial charge is 0.396 e. The summed E-state index contributed by atoms with van der Waals surface area (Å²) in [5.41, 5.74) is 0. The molecule has 88 valence electrons. The number of rotatable bonds is 3. The van der Waals surface area contributed by atoms with Crippen LogP contribution in [0.5, 0.6) is 0 Å². The summed E-state index contributed by atoms with van der Waals surface area (Å²) >= 11 is 0. The number of hydrogen-bond acceptors (Lipinski definition) is 3. The highest BCUT2D eigenvalue weighted by molar-refractivity contribution is 4.89. The molecule has 0 aliphatic heterocycles. The van der Waals surface area contributed by atoms with E-state index in [1.54, 1.807) is 0 Å². The minimum atomic E-state index is -0.161. The Kier molecular flexibility index (Phi) is 4.00. The Labute approximate surface area is 91.9 Å². The number of aliphatic hydroxyl groups excluding tert-OH is 2. The second kappa shape index (κ2) is 5.28. The third-order valence-corrected chi connectivity index (χ3v) is 4.05. The van der Waals surface area contributed by atoms with Crippen LogP contribution in [0, 0.1) is 5.92 Å². The molecule has 0 aromatic heterocycles. The van der Waals surface area contributed by atoms with E-state index in [0.29, 0.717) is 18.6 Å². The minimum Gasteiger partial charge on any atom is -0.396 e. The molecule has 2 unspecified atom stereocenters. The molecule has 15 heavy (non-hydrogen) atoms. The van der Waals surface area contributed by atoms with Gasteiger partial charge in [0.05, 0.1) is 6.10 Å². The van der Waals surface area contributed by atoms with Crippen LogP contribution >= 0.6 is 0 Å². The molecule has 3 nitrogen and oxygen atoms in total. The first kappa shape index (κ1) is 11.4. The Hall–Kier alpha value is -0.120. The highest BCUT2D eigenvalue weighted by Crippen LogP contribution is 2.27. The van der Waals surface area contributed by atoms with Crippen molar-refractivity contribution >= 4 is 0 Å². The predicted octanol–water partition coefficient (Wildman–Crippen LogP) is 1.04. The van der Waals surface area contributed by atoms with Gasteiger partial charge >= 0.3 is 0 Å². The maximum absolute atomic E-state index is 9.75. The zero-order chi connectivity index (χ0) is 10.7. The molecule has 0 amide bonds. The van der Waals surface area contributed by atoms with E-state index in [2.05, 4.69) is 5.32 Å². The normalized spacial score (nSPS) is 42.0. The first-order valence-corrected chi connectivity index (χ1v) is 6.36. The van der Waals surface area contributed by atoms with Crippen molar-refractivity contribution in [2.75, 3.05) is 6.61 Å². The van der Waals surface area contributed by atoms with E-state index >= 15 is 0 Å². The fraction of sp³-hybridized carbons (Fsp3) is 1.00. The molecule has 2 saturated carbocycles. The first-order chi connectivity index (χ1) is 7.31. The molecule has 2 aliphatic carbocycles. The van der Waals surface area contributed by atoms with E-state index in [-0.39, 0.29) is 12.1 Å². The molecule has 0 heterocycles. The van der Waals surface area contributed by atoms with Gasteiger partial charge in [-0.3, -0.25) is 0 Å². The van der Waals surface area contributed by atoms with Crippen LogP contribution in [0.3, 0.4) is 0 Å². The standard InChI is InChI=1S/C12H23NO2/c14-8-9-4-1-2-5-10(9)13-11-6-3-7-12(11)15/h9-15H,1-8H2/t9?,10?,11-,12-/m0/s1. The highest BCUT2D eigenvalue weighted by Gasteiger charge is 2.31. The van der Waals surface area contributed by atoms with E-state index < -0.39 is 0 Å². The lowest BCUT2D eigenvalue weighted by Crippen LogP contribution is -2.48. The van der Waals surface area contributed by atoms with Gasteiger partial charge in [-0.1, -0.05) is 12.8 Å². The van der Waals surface area contributed by atoms with Gasteiger partial charge in [-0.2, -0.15) is 0 Å². The molecular formula is C12H23NO2. The third kappa shape index (κ3) is 2.71.